The van der Waals surface area contributed by atoms with E-state index in [1.807, 2.05) is 0 Å². The number of allylic oxidation sites excluding steroid dienone is 1. The van der Waals surface area contributed by atoms with Crippen LogP contribution in [0.2, 0.25) is 0 Å². The largest absolute Gasteiger partial charge is 0.125 e. The molecule has 3 fully saturated rings. The van der Waals surface area contributed by atoms with Crippen molar-refractivity contribution < 1.29 is 0 Å². The van der Waals surface area contributed by atoms with E-state index < -0.39 is 0 Å². The molecule has 4 aliphatic carbocycles. The Morgan fingerprint density at radius 1 is 1.13 bits per heavy atom. The second kappa shape index (κ2) is 5.01. The molecule has 23 heavy (non-hydrogen) atoms. The number of hydrogen-bond donors (Lipinski definition) is 0. The predicted molar refractivity (Wildman–Crippen MR) is 98.0 cm³/mol. The molecule has 0 heteroatoms. The van der Waals surface area contributed by atoms with Gasteiger partial charge in [-0.05, 0) is 90.6 Å². The minimum Gasteiger partial charge on any atom is -0.125 e. The van der Waals surface area contributed by atoms with Crippen LogP contribution in [0.15, 0.2) is 17.4 Å². The molecule has 0 N–H and O–H groups in total. The fourth-order valence-electron chi connectivity index (χ4n) is 7.81. The minimum absolute atomic E-state index is 0.527. The van der Waals surface area contributed by atoms with E-state index in [2.05, 4.69) is 53.3 Å². The van der Waals surface area contributed by atoms with Crippen molar-refractivity contribution in [3.8, 4) is 0 Å². The van der Waals surface area contributed by atoms with Crippen molar-refractivity contribution in [1.82, 2.24) is 0 Å². The van der Waals surface area contributed by atoms with Gasteiger partial charge in [0, 0.05) is 5.41 Å². The van der Waals surface area contributed by atoms with Crippen molar-refractivity contribution in [2.75, 3.05) is 0 Å². The molecule has 128 valence electrons. The fourth-order valence-corrected chi connectivity index (χ4v) is 7.81. The molecule has 0 aromatic heterocycles. The number of rotatable bonds is 4. The van der Waals surface area contributed by atoms with E-state index in [0.717, 1.165) is 41.4 Å². The van der Waals surface area contributed by atoms with E-state index in [4.69, 9.17) is 0 Å². The van der Waals surface area contributed by atoms with Crippen LogP contribution in [0.4, 0.5) is 0 Å². The fraction of sp³-hybridized carbons (Fsp3) is 0.870. The Kier molecular flexibility index (Phi) is 3.49. The second-order valence-electron chi connectivity index (χ2n) is 10.3. The van der Waals surface area contributed by atoms with Gasteiger partial charge in [-0.15, -0.1) is 5.73 Å². The van der Waals surface area contributed by atoms with E-state index in [1.165, 1.54) is 32.1 Å². The van der Waals surface area contributed by atoms with Gasteiger partial charge in [0.15, 0.2) is 0 Å². The van der Waals surface area contributed by atoms with Crippen molar-refractivity contribution in [3.05, 3.63) is 17.4 Å². The minimum atomic E-state index is 0.527. The quantitative estimate of drug-likeness (QED) is 0.521. The Morgan fingerprint density at radius 2 is 1.87 bits per heavy atom. The third-order valence-electron chi connectivity index (χ3n) is 8.58. The monoisotopic (exact) mass is 312 g/mol. The number of hydrogen-bond acceptors (Lipinski definition) is 0. The first-order chi connectivity index (χ1) is 10.8. The van der Waals surface area contributed by atoms with Crippen LogP contribution >= 0.6 is 0 Å². The lowest BCUT2D eigenvalue weighted by molar-refractivity contribution is -0.107. The zero-order chi connectivity index (χ0) is 16.6. The molecular weight excluding hydrogens is 276 g/mol. The van der Waals surface area contributed by atoms with Gasteiger partial charge in [-0.25, -0.2) is 0 Å². The van der Waals surface area contributed by atoms with Crippen LogP contribution < -0.4 is 0 Å². The predicted octanol–water partition coefficient (Wildman–Crippen LogP) is 6.48. The Morgan fingerprint density at radius 3 is 2.52 bits per heavy atom. The lowest BCUT2D eigenvalue weighted by Crippen LogP contribution is -2.57. The standard InChI is InChI=1S/C23H36/c1-14(2)12-16(5)17-9-10-18(15(3)4)22(6)20-13-21(20)23(22)11-7-8-19(17)23/h7,14-18,20-21H,9-13H2,1-6H3. The van der Waals surface area contributed by atoms with Crippen molar-refractivity contribution in [2.24, 2.45) is 52.3 Å². The lowest BCUT2D eigenvalue weighted by Gasteiger charge is -2.61. The van der Waals surface area contributed by atoms with Crippen LogP contribution in [0.5, 0.6) is 0 Å². The molecule has 1 spiro atoms. The summed E-state index contributed by atoms with van der Waals surface area (Å²) in [5.74, 6) is 6.26. The van der Waals surface area contributed by atoms with Gasteiger partial charge < -0.3 is 0 Å². The molecule has 7 unspecified atom stereocenters. The molecule has 0 saturated heterocycles. The van der Waals surface area contributed by atoms with E-state index in [-0.39, 0.29) is 0 Å². The Hall–Kier alpha value is -0.480. The zero-order valence-corrected chi connectivity index (χ0v) is 16.2. The summed E-state index contributed by atoms with van der Waals surface area (Å²) in [6.45, 7) is 15.0. The van der Waals surface area contributed by atoms with Gasteiger partial charge in [0.1, 0.15) is 0 Å². The molecule has 0 radical (unpaired) electrons. The van der Waals surface area contributed by atoms with Gasteiger partial charge in [0.2, 0.25) is 0 Å². The molecule has 3 saturated carbocycles. The molecule has 0 bridgehead atoms. The molecular formula is C23H36. The summed E-state index contributed by atoms with van der Waals surface area (Å²) in [5, 5.41) is 0. The Labute approximate surface area is 143 Å². The molecule has 0 aromatic rings. The second-order valence-corrected chi connectivity index (χ2v) is 10.3. The van der Waals surface area contributed by atoms with Crippen LogP contribution in [0.3, 0.4) is 0 Å². The maximum atomic E-state index is 3.86. The van der Waals surface area contributed by atoms with Crippen LogP contribution in [-0.4, -0.2) is 0 Å². The average molecular weight is 313 g/mol. The highest BCUT2D eigenvalue weighted by atomic mass is 14.8. The van der Waals surface area contributed by atoms with Crippen LogP contribution in [-0.2, 0) is 0 Å². The van der Waals surface area contributed by atoms with E-state index >= 15 is 0 Å². The molecule has 0 amide bonds. The maximum absolute atomic E-state index is 3.86. The van der Waals surface area contributed by atoms with Gasteiger partial charge in [-0.2, -0.15) is 0 Å². The highest BCUT2D eigenvalue weighted by Gasteiger charge is 2.80. The highest BCUT2D eigenvalue weighted by Crippen LogP contribution is 2.86. The van der Waals surface area contributed by atoms with Crippen molar-refractivity contribution >= 4 is 0 Å². The lowest BCUT2D eigenvalue weighted by atomic mass is 9.42. The third kappa shape index (κ3) is 1.85. The van der Waals surface area contributed by atoms with Gasteiger partial charge in [-0.3, -0.25) is 0 Å². The van der Waals surface area contributed by atoms with Crippen LogP contribution in [0.1, 0.15) is 73.6 Å². The SMILES string of the molecule is CC(C)CC(C)C1CCC(C(C)C)C2(C)C3CC3C23CC=C=C13. The molecule has 4 aliphatic rings. The smallest absolute Gasteiger partial charge is 0.0121 e. The Bertz CT molecular complexity index is 561. The molecule has 0 nitrogen and oxygen atoms in total. The summed E-state index contributed by atoms with van der Waals surface area (Å²) in [4.78, 5) is 0. The van der Waals surface area contributed by atoms with Crippen molar-refractivity contribution in [2.45, 2.75) is 73.6 Å². The summed E-state index contributed by atoms with van der Waals surface area (Å²) in [6.07, 6.45) is 9.52. The molecule has 0 aromatic carbocycles. The van der Waals surface area contributed by atoms with Crippen LogP contribution in [0.25, 0.3) is 0 Å². The summed E-state index contributed by atoms with van der Waals surface area (Å²) >= 11 is 0. The first-order valence-corrected chi connectivity index (χ1v) is 10.3. The van der Waals surface area contributed by atoms with Crippen molar-refractivity contribution in [1.29, 1.82) is 0 Å². The number of fused-ring (bicyclic) bond motifs is 2. The zero-order valence-electron chi connectivity index (χ0n) is 16.2. The van der Waals surface area contributed by atoms with E-state index in [0.29, 0.717) is 10.8 Å². The summed E-state index contributed by atoms with van der Waals surface area (Å²) in [6, 6.07) is 0. The topological polar surface area (TPSA) is 0 Å². The molecule has 0 aliphatic heterocycles. The summed E-state index contributed by atoms with van der Waals surface area (Å²) < 4.78 is 0. The Balaban J connectivity index is 1.73. The van der Waals surface area contributed by atoms with Crippen molar-refractivity contribution in [3.63, 3.8) is 0 Å². The molecule has 0 heterocycles. The molecule has 7 atom stereocenters. The normalized spacial score (nSPS) is 48.3. The van der Waals surface area contributed by atoms with Gasteiger partial charge in [0.25, 0.3) is 0 Å². The van der Waals surface area contributed by atoms with Gasteiger partial charge >= 0.3 is 0 Å². The van der Waals surface area contributed by atoms with Gasteiger partial charge in [0.05, 0.1) is 0 Å². The van der Waals surface area contributed by atoms with E-state index in [9.17, 15) is 0 Å². The highest BCUT2D eigenvalue weighted by molar-refractivity contribution is 5.42. The average Bonchev–Trinajstić information content (AvgIpc) is 3.11. The summed E-state index contributed by atoms with van der Waals surface area (Å²) in [5.41, 5.74) is 6.75. The molecule has 4 rings (SSSR count). The van der Waals surface area contributed by atoms with Crippen LogP contribution in [0, 0.1) is 52.3 Å². The van der Waals surface area contributed by atoms with E-state index in [1.54, 1.807) is 5.57 Å². The third-order valence-corrected chi connectivity index (χ3v) is 8.58. The first-order valence-electron chi connectivity index (χ1n) is 10.3. The summed E-state index contributed by atoms with van der Waals surface area (Å²) in [7, 11) is 0. The maximum Gasteiger partial charge on any atom is 0.0121 e. The van der Waals surface area contributed by atoms with Gasteiger partial charge in [-0.1, -0.05) is 41.5 Å². The first kappa shape index (κ1) is 16.0.